The molecule has 2 saturated heterocycles. The molecule has 2 aliphatic heterocycles. The van der Waals surface area contributed by atoms with Gasteiger partial charge < -0.3 is 9.64 Å². The van der Waals surface area contributed by atoms with Crippen molar-refractivity contribution in [2.75, 3.05) is 31.2 Å². The first-order valence-corrected chi connectivity index (χ1v) is 10.3. The zero-order valence-electron chi connectivity index (χ0n) is 14.4. The Bertz CT molecular complexity index is 497. The van der Waals surface area contributed by atoms with E-state index in [0.29, 0.717) is 23.7 Å². The minimum absolute atomic E-state index is 0.302. The van der Waals surface area contributed by atoms with Crippen LogP contribution in [0.5, 0.6) is 0 Å². The highest BCUT2D eigenvalue weighted by molar-refractivity contribution is 7.99. The summed E-state index contributed by atoms with van der Waals surface area (Å²) in [6, 6.07) is 4.15. The first-order valence-electron chi connectivity index (χ1n) is 9.17. The van der Waals surface area contributed by atoms with Crippen molar-refractivity contribution in [3.8, 4) is 0 Å². The van der Waals surface area contributed by atoms with Gasteiger partial charge in [0.2, 0.25) is 5.91 Å². The van der Waals surface area contributed by atoms with Crippen molar-refractivity contribution in [1.82, 2.24) is 9.88 Å². The third-order valence-electron chi connectivity index (χ3n) is 5.02. The molecule has 132 valence electrons. The van der Waals surface area contributed by atoms with Crippen molar-refractivity contribution >= 4 is 17.7 Å². The van der Waals surface area contributed by atoms with Gasteiger partial charge in [-0.2, -0.15) is 0 Å². The van der Waals surface area contributed by atoms with Crippen LogP contribution in [-0.2, 0) is 16.0 Å². The lowest BCUT2D eigenvalue weighted by molar-refractivity contribution is -0.129. The minimum Gasteiger partial charge on any atom is -0.377 e. The van der Waals surface area contributed by atoms with E-state index in [1.54, 1.807) is 11.8 Å². The number of nitrogens with zero attached hydrogens (tertiary/aromatic N) is 2. The van der Waals surface area contributed by atoms with Crippen LogP contribution in [-0.4, -0.2) is 53.1 Å². The Kier molecular flexibility index (Phi) is 6.97. The van der Waals surface area contributed by atoms with Crippen LogP contribution in [0, 0.1) is 5.92 Å². The first-order chi connectivity index (χ1) is 11.8. The van der Waals surface area contributed by atoms with Gasteiger partial charge >= 0.3 is 0 Å². The van der Waals surface area contributed by atoms with Crippen molar-refractivity contribution in [3.05, 3.63) is 30.1 Å². The maximum Gasteiger partial charge on any atom is 0.232 e. The molecule has 0 N–H and O–H groups in total. The van der Waals surface area contributed by atoms with Crippen molar-refractivity contribution in [1.29, 1.82) is 0 Å². The molecule has 0 bridgehead atoms. The fourth-order valence-electron chi connectivity index (χ4n) is 3.55. The highest BCUT2D eigenvalue weighted by atomic mass is 32.2. The molecule has 0 aliphatic carbocycles. The molecule has 3 rings (SSSR count). The summed E-state index contributed by atoms with van der Waals surface area (Å²) in [7, 11) is 0. The second-order valence-corrected chi connectivity index (χ2v) is 7.92. The zero-order valence-corrected chi connectivity index (χ0v) is 15.2. The summed E-state index contributed by atoms with van der Waals surface area (Å²) < 4.78 is 5.73. The summed E-state index contributed by atoms with van der Waals surface area (Å²) in [5, 5.41) is 0. The maximum absolute atomic E-state index is 12.4. The number of ether oxygens (including phenoxy) is 1. The third kappa shape index (κ3) is 5.49. The van der Waals surface area contributed by atoms with Gasteiger partial charge in [0.1, 0.15) is 0 Å². The Morgan fingerprint density at radius 3 is 2.88 bits per heavy atom. The number of piperidine rings is 1. The molecule has 5 heteroatoms. The van der Waals surface area contributed by atoms with E-state index in [-0.39, 0.29) is 0 Å². The minimum atomic E-state index is 0.302. The molecule has 1 aromatic heterocycles. The number of carbonyl (C=O) groups excluding carboxylic acids is 1. The number of amides is 1. The standard InChI is InChI=1S/C19H28N2O2S/c22-19(15-24-14-18-5-1-2-11-23-18)21-9-6-16(7-10-21)12-17-4-3-8-20-13-17/h3-4,8,13,16,18H,1-2,5-7,9-12,14-15H2. The highest BCUT2D eigenvalue weighted by Gasteiger charge is 2.23. The number of rotatable bonds is 6. The molecule has 3 heterocycles. The lowest BCUT2D eigenvalue weighted by atomic mass is 9.91. The quantitative estimate of drug-likeness (QED) is 0.792. The predicted molar refractivity (Wildman–Crippen MR) is 98.2 cm³/mol. The van der Waals surface area contributed by atoms with E-state index in [2.05, 4.69) is 16.0 Å². The number of aromatic nitrogens is 1. The van der Waals surface area contributed by atoms with E-state index in [4.69, 9.17) is 4.74 Å². The second kappa shape index (κ2) is 9.42. The second-order valence-electron chi connectivity index (χ2n) is 6.89. The molecule has 1 atom stereocenters. The third-order valence-corrected chi connectivity index (χ3v) is 6.08. The van der Waals surface area contributed by atoms with E-state index < -0.39 is 0 Å². The van der Waals surface area contributed by atoms with Crippen LogP contribution in [0.1, 0.15) is 37.7 Å². The monoisotopic (exact) mass is 348 g/mol. The molecule has 1 unspecified atom stereocenters. The average molecular weight is 349 g/mol. The summed E-state index contributed by atoms with van der Waals surface area (Å²) in [4.78, 5) is 18.6. The van der Waals surface area contributed by atoms with Gasteiger partial charge in [0, 0.05) is 37.8 Å². The highest BCUT2D eigenvalue weighted by Crippen LogP contribution is 2.22. The Morgan fingerprint density at radius 1 is 1.29 bits per heavy atom. The van der Waals surface area contributed by atoms with E-state index in [1.807, 2.05) is 18.5 Å². The summed E-state index contributed by atoms with van der Waals surface area (Å²) in [6.07, 6.45) is 11.1. The molecular formula is C19H28N2O2S. The molecular weight excluding hydrogens is 320 g/mol. The van der Waals surface area contributed by atoms with Gasteiger partial charge in [-0.15, -0.1) is 11.8 Å². The number of thioether (sulfide) groups is 1. The fourth-order valence-corrected chi connectivity index (χ4v) is 4.55. The molecule has 4 nitrogen and oxygen atoms in total. The SMILES string of the molecule is O=C(CSCC1CCCCO1)N1CCC(Cc2cccnc2)CC1. The molecule has 1 aromatic rings. The van der Waals surface area contributed by atoms with Crippen LogP contribution in [0.15, 0.2) is 24.5 Å². The first kappa shape index (κ1) is 17.7. The summed E-state index contributed by atoms with van der Waals surface area (Å²) in [6.45, 7) is 2.71. The summed E-state index contributed by atoms with van der Waals surface area (Å²) in [5.74, 6) is 2.55. The maximum atomic E-state index is 12.4. The smallest absolute Gasteiger partial charge is 0.232 e. The Morgan fingerprint density at radius 2 is 2.17 bits per heavy atom. The van der Waals surface area contributed by atoms with Crippen molar-refractivity contribution in [2.45, 2.75) is 44.6 Å². The number of pyridine rings is 1. The van der Waals surface area contributed by atoms with E-state index in [1.165, 1.54) is 18.4 Å². The number of likely N-dealkylation sites (tertiary alicyclic amines) is 1. The van der Waals surface area contributed by atoms with Crippen molar-refractivity contribution in [2.24, 2.45) is 5.92 Å². The normalized spacial score (nSPS) is 22.5. The van der Waals surface area contributed by atoms with Crippen LogP contribution in [0.4, 0.5) is 0 Å². The van der Waals surface area contributed by atoms with Gasteiger partial charge in [-0.1, -0.05) is 6.07 Å². The Labute approximate surface area is 149 Å². The van der Waals surface area contributed by atoms with Crippen molar-refractivity contribution in [3.63, 3.8) is 0 Å². The summed E-state index contributed by atoms with van der Waals surface area (Å²) >= 11 is 1.74. The van der Waals surface area contributed by atoms with Gasteiger partial charge in [0.15, 0.2) is 0 Å². The molecule has 1 amide bonds. The molecule has 0 aromatic carbocycles. The average Bonchev–Trinajstić information content (AvgIpc) is 2.64. The molecule has 2 aliphatic rings. The van der Waals surface area contributed by atoms with E-state index in [0.717, 1.165) is 51.1 Å². The topological polar surface area (TPSA) is 42.4 Å². The van der Waals surface area contributed by atoms with E-state index in [9.17, 15) is 4.79 Å². The lowest BCUT2D eigenvalue weighted by Gasteiger charge is -2.32. The van der Waals surface area contributed by atoms with Crippen molar-refractivity contribution < 1.29 is 9.53 Å². The molecule has 24 heavy (non-hydrogen) atoms. The summed E-state index contributed by atoms with van der Waals surface area (Å²) in [5.41, 5.74) is 1.31. The largest absolute Gasteiger partial charge is 0.377 e. The number of hydrogen-bond acceptors (Lipinski definition) is 4. The Hall–Kier alpha value is -1.07. The van der Waals surface area contributed by atoms with Crippen LogP contribution >= 0.6 is 11.8 Å². The van der Waals surface area contributed by atoms with Gasteiger partial charge in [-0.25, -0.2) is 0 Å². The van der Waals surface area contributed by atoms with Gasteiger partial charge in [-0.05, 0) is 56.1 Å². The van der Waals surface area contributed by atoms with Crippen LogP contribution in [0.3, 0.4) is 0 Å². The number of hydrogen-bond donors (Lipinski definition) is 0. The zero-order chi connectivity index (χ0) is 16.6. The lowest BCUT2D eigenvalue weighted by Crippen LogP contribution is -2.40. The Balaban J connectivity index is 1.32. The van der Waals surface area contributed by atoms with Crippen LogP contribution in [0.25, 0.3) is 0 Å². The van der Waals surface area contributed by atoms with E-state index >= 15 is 0 Å². The van der Waals surface area contributed by atoms with Crippen LogP contribution in [0.2, 0.25) is 0 Å². The predicted octanol–water partition coefficient (Wildman–Crippen LogP) is 3.17. The molecule has 2 fully saturated rings. The molecule has 0 radical (unpaired) electrons. The molecule has 0 spiro atoms. The van der Waals surface area contributed by atoms with Gasteiger partial charge in [0.25, 0.3) is 0 Å². The fraction of sp³-hybridized carbons (Fsp3) is 0.684. The number of carbonyl (C=O) groups is 1. The van der Waals surface area contributed by atoms with Gasteiger partial charge in [-0.3, -0.25) is 9.78 Å². The van der Waals surface area contributed by atoms with Gasteiger partial charge in [0.05, 0.1) is 11.9 Å². The van der Waals surface area contributed by atoms with Crippen LogP contribution < -0.4 is 0 Å². The molecule has 0 saturated carbocycles.